The van der Waals surface area contributed by atoms with E-state index >= 15 is 0 Å². The van der Waals surface area contributed by atoms with Crippen LogP contribution in [-0.4, -0.2) is 41.1 Å². The third-order valence-corrected chi connectivity index (χ3v) is 4.36. The molecule has 2 aromatic carbocycles. The van der Waals surface area contributed by atoms with Gasteiger partial charge in [-0.2, -0.15) is 0 Å². The monoisotopic (exact) mass is 336 g/mol. The van der Waals surface area contributed by atoms with Crippen molar-refractivity contribution in [3.8, 4) is 0 Å². The highest BCUT2D eigenvalue weighted by Crippen LogP contribution is 2.24. The van der Waals surface area contributed by atoms with Crippen molar-refractivity contribution in [3.63, 3.8) is 0 Å². The molecule has 0 saturated heterocycles. The summed E-state index contributed by atoms with van der Waals surface area (Å²) in [6.07, 6.45) is 0.119. The maximum Gasteiger partial charge on any atom is 0.261 e. The maximum atomic E-state index is 12.4. The Labute approximate surface area is 146 Å². The molecule has 2 aromatic rings. The van der Waals surface area contributed by atoms with Crippen molar-refractivity contribution in [2.75, 3.05) is 13.6 Å². The Hall–Kier alpha value is -2.95. The minimum atomic E-state index is -0.321. The zero-order valence-corrected chi connectivity index (χ0v) is 14.4. The standard InChI is InChI=1S/C20H20N2O3/c1-14-8-9-16-17(12-14)20(25)22(19(16)24)11-10-18(23)21(2)13-15-6-4-3-5-7-15/h3-9,12H,10-11,13H2,1-2H3. The number of rotatable bonds is 5. The molecule has 0 aliphatic carbocycles. The molecule has 128 valence electrons. The van der Waals surface area contributed by atoms with Gasteiger partial charge in [0.05, 0.1) is 11.1 Å². The van der Waals surface area contributed by atoms with Crippen molar-refractivity contribution < 1.29 is 14.4 Å². The molecule has 1 aliphatic heterocycles. The molecule has 25 heavy (non-hydrogen) atoms. The van der Waals surface area contributed by atoms with E-state index in [1.165, 1.54) is 4.90 Å². The molecule has 3 rings (SSSR count). The van der Waals surface area contributed by atoms with Gasteiger partial charge in [-0.25, -0.2) is 0 Å². The third kappa shape index (κ3) is 3.45. The van der Waals surface area contributed by atoms with Crippen molar-refractivity contribution in [1.29, 1.82) is 0 Å². The molecule has 0 unspecified atom stereocenters. The largest absolute Gasteiger partial charge is 0.341 e. The van der Waals surface area contributed by atoms with Gasteiger partial charge >= 0.3 is 0 Å². The van der Waals surface area contributed by atoms with Gasteiger partial charge in [-0.15, -0.1) is 0 Å². The van der Waals surface area contributed by atoms with Crippen LogP contribution in [0.15, 0.2) is 48.5 Å². The highest BCUT2D eigenvalue weighted by Gasteiger charge is 2.35. The van der Waals surface area contributed by atoms with Gasteiger partial charge < -0.3 is 4.90 Å². The lowest BCUT2D eigenvalue weighted by atomic mass is 10.1. The Kier molecular flexibility index (Phi) is 4.65. The fourth-order valence-corrected chi connectivity index (χ4v) is 2.95. The van der Waals surface area contributed by atoms with Gasteiger partial charge in [-0.1, -0.05) is 42.0 Å². The minimum Gasteiger partial charge on any atom is -0.341 e. The highest BCUT2D eigenvalue weighted by atomic mass is 16.2. The zero-order valence-electron chi connectivity index (χ0n) is 14.4. The van der Waals surface area contributed by atoms with Crippen molar-refractivity contribution in [1.82, 2.24) is 9.80 Å². The molecular weight excluding hydrogens is 316 g/mol. The first-order valence-electron chi connectivity index (χ1n) is 8.22. The minimum absolute atomic E-state index is 0.100. The van der Waals surface area contributed by atoms with Crippen molar-refractivity contribution in [3.05, 3.63) is 70.8 Å². The number of carbonyl (C=O) groups is 3. The van der Waals surface area contributed by atoms with Crippen LogP contribution in [0, 0.1) is 6.92 Å². The molecular formula is C20H20N2O3. The van der Waals surface area contributed by atoms with E-state index < -0.39 is 0 Å². The Morgan fingerprint density at radius 3 is 2.40 bits per heavy atom. The molecule has 0 radical (unpaired) electrons. The lowest BCUT2D eigenvalue weighted by molar-refractivity contribution is -0.130. The van der Waals surface area contributed by atoms with Crippen LogP contribution in [0.5, 0.6) is 0 Å². The molecule has 0 spiro atoms. The van der Waals surface area contributed by atoms with Crippen LogP contribution in [0.25, 0.3) is 0 Å². The van der Waals surface area contributed by atoms with Crippen molar-refractivity contribution in [2.24, 2.45) is 0 Å². The summed E-state index contributed by atoms with van der Waals surface area (Å²) in [7, 11) is 1.72. The summed E-state index contributed by atoms with van der Waals surface area (Å²) in [4.78, 5) is 39.9. The molecule has 0 N–H and O–H groups in total. The summed E-state index contributed by atoms with van der Waals surface area (Å²) in [6.45, 7) is 2.48. The summed E-state index contributed by atoms with van der Waals surface area (Å²) >= 11 is 0. The van der Waals surface area contributed by atoms with E-state index in [-0.39, 0.29) is 30.7 Å². The zero-order chi connectivity index (χ0) is 18.0. The second kappa shape index (κ2) is 6.89. The SMILES string of the molecule is Cc1ccc2c(c1)C(=O)N(CCC(=O)N(C)Cc1ccccc1)C2=O. The summed E-state index contributed by atoms with van der Waals surface area (Å²) in [5.41, 5.74) is 2.81. The summed E-state index contributed by atoms with van der Waals surface area (Å²) in [5, 5.41) is 0. The fraction of sp³-hybridized carbons (Fsp3) is 0.250. The van der Waals surface area contributed by atoms with Crippen LogP contribution in [0.3, 0.4) is 0 Å². The van der Waals surface area contributed by atoms with Crippen LogP contribution in [0.2, 0.25) is 0 Å². The van der Waals surface area contributed by atoms with Crippen molar-refractivity contribution in [2.45, 2.75) is 19.9 Å². The predicted octanol–water partition coefficient (Wildman–Crippen LogP) is 2.64. The van der Waals surface area contributed by atoms with Crippen LogP contribution >= 0.6 is 0 Å². The molecule has 1 aliphatic rings. The molecule has 0 saturated carbocycles. The van der Waals surface area contributed by atoms with Crippen LogP contribution < -0.4 is 0 Å². The second-order valence-electron chi connectivity index (χ2n) is 6.30. The number of amides is 3. The number of aryl methyl sites for hydroxylation is 1. The normalized spacial score (nSPS) is 13.1. The van der Waals surface area contributed by atoms with E-state index in [0.29, 0.717) is 17.7 Å². The first kappa shape index (κ1) is 16.9. The van der Waals surface area contributed by atoms with E-state index in [1.807, 2.05) is 43.3 Å². The first-order chi connectivity index (χ1) is 12.0. The summed E-state index contributed by atoms with van der Waals surface area (Å²) in [6, 6.07) is 14.9. The van der Waals surface area contributed by atoms with E-state index in [0.717, 1.165) is 11.1 Å². The molecule has 1 heterocycles. The molecule has 0 aromatic heterocycles. The Bertz CT molecular complexity index is 830. The smallest absolute Gasteiger partial charge is 0.261 e. The van der Waals surface area contributed by atoms with Crippen LogP contribution in [-0.2, 0) is 11.3 Å². The Morgan fingerprint density at radius 1 is 1.00 bits per heavy atom. The Balaban J connectivity index is 1.61. The lowest BCUT2D eigenvalue weighted by Crippen LogP contribution is -2.35. The van der Waals surface area contributed by atoms with Gasteiger partial charge in [-0.3, -0.25) is 19.3 Å². The molecule has 5 heteroatoms. The summed E-state index contributed by atoms with van der Waals surface area (Å²) in [5.74, 6) is -0.739. The van der Waals surface area contributed by atoms with Gasteiger partial charge in [-0.05, 0) is 24.6 Å². The lowest BCUT2D eigenvalue weighted by Gasteiger charge is -2.19. The van der Waals surface area contributed by atoms with Gasteiger partial charge in [0.25, 0.3) is 11.8 Å². The van der Waals surface area contributed by atoms with E-state index in [9.17, 15) is 14.4 Å². The van der Waals surface area contributed by atoms with Gasteiger partial charge in [0.2, 0.25) is 5.91 Å². The molecule has 5 nitrogen and oxygen atoms in total. The van der Waals surface area contributed by atoms with Gasteiger partial charge in [0.15, 0.2) is 0 Å². The number of nitrogens with zero attached hydrogens (tertiary/aromatic N) is 2. The molecule has 0 fully saturated rings. The molecule has 3 amide bonds. The van der Waals surface area contributed by atoms with E-state index in [1.54, 1.807) is 24.1 Å². The predicted molar refractivity (Wildman–Crippen MR) is 94.1 cm³/mol. The number of carbonyl (C=O) groups excluding carboxylic acids is 3. The fourth-order valence-electron chi connectivity index (χ4n) is 2.95. The molecule has 0 atom stereocenters. The van der Waals surface area contributed by atoms with E-state index in [4.69, 9.17) is 0 Å². The third-order valence-electron chi connectivity index (χ3n) is 4.36. The molecule has 0 bridgehead atoms. The summed E-state index contributed by atoms with van der Waals surface area (Å²) < 4.78 is 0. The quantitative estimate of drug-likeness (QED) is 0.789. The Morgan fingerprint density at radius 2 is 1.68 bits per heavy atom. The van der Waals surface area contributed by atoms with Crippen LogP contribution in [0.1, 0.15) is 38.3 Å². The van der Waals surface area contributed by atoms with Gasteiger partial charge in [0, 0.05) is 26.6 Å². The van der Waals surface area contributed by atoms with Gasteiger partial charge in [0.1, 0.15) is 0 Å². The average molecular weight is 336 g/mol. The first-order valence-corrected chi connectivity index (χ1v) is 8.22. The topological polar surface area (TPSA) is 57.7 Å². The maximum absolute atomic E-state index is 12.4. The average Bonchev–Trinajstić information content (AvgIpc) is 2.84. The van der Waals surface area contributed by atoms with E-state index in [2.05, 4.69) is 0 Å². The van der Waals surface area contributed by atoms with Crippen LogP contribution in [0.4, 0.5) is 0 Å². The number of hydrogen-bond donors (Lipinski definition) is 0. The number of benzene rings is 2. The highest BCUT2D eigenvalue weighted by molar-refractivity contribution is 6.21. The number of hydrogen-bond acceptors (Lipinski definition) is 3. The number of imide groups is 1. The second-order valence-corrected chi connectivity index (χ2v) is 6.30. The number of fused-ring (bicyclic) bond motifs is 1. The van der Waals surface area contributed by atoms with Crippen molar-refractivity contribution >= 4 is 17.7 Å².